The zero-order valence-corrected chi connectivity index (χ0v) is 11.5. The van der Waals surface area contributed by atoms with Crippen molar-refractivity contribution in [1.29, 1.82) is 0 Å². The van der Waals surface area contributed by atoms with E-state index in [1.54, 1.807) is 18.2 Å². The SMILES string of the molecule is O=C(c1ccc(Cl)c(Cl)c1)c1cc2cccc(F)c2o1. The van der Waals surface area contributed by atoms with Crippen LogP contribution in [0, 0.1) is 5.82 Å². The average Bonchev–Trinajstić information content (AvgIpc) is 2.86. The molecule has 0 atom stereocenters. The molecule has 2 aromatic carbocycles. The lowest BCUT2D eigenvalue weighted by Gasteiger charge is -2.00. The number of carbonyl (C=O) groups excluding carboxylic acids is 1. The van der Waals surface area contributed by atoms with Gasteiger partial charge in [-0.2, -0.15) is 0 Å². The summed E-state index contributed by atoms with van der Waals surface area (Å²) in [6.45, 7) is 0. The molecule has 0 unspecified atom stereocenters. The summed E-state index contributed by atoms with van der Waals surface area (Å²) in [7, 11) is 0. The Morgan fingerprint density at radius 1 is 1.05 bits per heavy atom. The van der Waals surface area contributed by atoms with Gasteiger partial charge in [0.1, 0.15) is 0 Å². The van der Waals surface area contributed by atoms with Crippen LogP contribution in [-0.4, -0.2) is 5.78 Å². The van der Waals surface area contributed by atoms with E-state index >= 15 is 0 Å². The van der Waals surface area contributed by atoms with Crippen molar-refractivity contribution in [3.8, 4) is 0 Å². The van der Waals surface area contributed by atoms with Gasteiger partial charge in [-0.15, -0.1) is 0 Å². The minimum atomic E-state index is -0.504. The summed E-state index contributed by atoms with van der Waals surface area (Å²) in [5, 5.41) is 1.17. The highest BCUT2D eigenvalue weighted by atomic mass is 35.5. The molecule has 0 spiro atoms. The van der Waals surface area contributed by atoms with Crippen LogP contribution in [0.1, 0.15) is 16.1 Å². The second kappa shape index (κ2) is 4.93. The fourth-order valence-corrected chi connectivity index (χ4v) is 2.22. The van der Waals surface area contributed by atoms with Gasteiger partial charge in [-0.05, 0) is 30.3 Å². The molecule has 1 heterocycles. The van der Waals surface area contributed by atoms with Gasteiger partial charge in [0.25, 0.3) is 0 Å². The molecule has 0 saturated heterocycles. The Bertz CT molecular complexity index is 824. The lowest BCUT2D eigenvalue weighted by molar-refractivity contribution is 0.101. The van der Waals surface area contributed by atoms with E-state index in [1.807, 2.05) is 0 Å². The van der Waals surface area contributed by atoms with Crippen LogP contribution >= 0.6 is 23.2 Å². The van der Waals surface area contributed by atoms with E-state index in [0.717, 1.165) is 0 Å². The Morgan fingerprint density at radius 2 is 1.85 bits per heavy atom. The molecule has 0 saturated carbocycles. The molecule has 0 aliphatic carbocycles. The molecule has 20 heavy (non-hydrogen) atoms. The Kier molecular flexibility index (Phi) is 3.24. The lowest BCUT2D eigenvalue weighted by Crippen LogP contribution is -1.99. The van der Waals surface area contributed by atoms with E-state index in [2.05, 4.69) is 0 Å². The fourth-order valence-electron chi connectivity index (χ4n) is 1.92. The lowest BCUT2D eigenvalue weighted by atomic mass is 10.1. The summed E-state index contributed by atoms with van der Waals surface area (Å²) in [6, 6.07) is 10.5. The number of carbonyl (C=O) groups is 1. The van der Waals surface area contributed by atoms with E-state index < -0.39 is 5.82 Å². The number of para-hydroxylation sites is 1. The molecule has 0 N–H and O–H groups in total. The molecule has 0 radical (unpaired) electrons. The zero-order valence-electron chi connectivity index (χ0n) is 9.99. The van der Waals surface area contributed by atoms with E-state index in [9.17, 15) is 9.18 Å². The number of benzene rings is 2. The quantitative estimate of drug-likeness (QED) is 0.616. The molecular formula is C15H7Cl2FO2. The van der Waals surface area contributed by atoms with Gasteiger partial charge in [0, 0.05) is 10.9 Å². The van der Waals surface area contributed by atoms with Crippen molar-refractivity contribution in [3.63, 3.8) is 0 Å². The Hall–Kier alpha value is -1.84. The third-order valence-electron chi connectivity index (χ3n) is 2.90. The molecule has 2 nitrogen and oxygen atoms in total. The molecule has 0 aliphatic heterocycles. The Balaban J connectivity index is 2.08. The number of hydrogen-bond donors (Lipinski definition) is 0. The number of rotatable bonds is 2. The minimum Gasteiger partial charge on any atom is -0.449 e. The van der Waals surface area contributed by atoms with Crippen LogP contribution in [0.25, 0.3) is 11.0 Å². The van der Waals surface area contributed by atoms with Crippen molar-refractivity contribution in [2.45, 2.75) is 0 Å². The van der Waals surface area contributed by atoms with Gasteiger partial charge in [-0.1, -0.05) is 35.3 Å². The number of furan rings is 1. The maximum Gasteiger partial charge on any atom is 0.228 e. The number of hydrogen-bond acceptors (Lipinski definition) is 2. The maximum atomic E-state index is 13.5. The highest BCUT2D eigenvalue weighted by Crippen LogP contribution is 2.27. The van der Waals surface area contributed by atoms with Gasteiger partial charge in [-0.3, -0.25) is 4.79 Å². The van der Waals surface area contributed by atoms with Gasteiger partial charge in [0.2, 0.25) is 5.78 Å². The summed E-state index contributed by atoms with van der Waals surface area (Å²) in [4.78, 5) is 12.3. The van der Waals surface area contributed by atoms with E-state index in [4.69, 9.17) is 27.6 Å². The summed E-state index contributed by atoms with van der Waals surface area (Å²) >= 11 is 11.7. The predicted octanol–water partition coefficient (Wildman–Crippen LogP) is 5.11. The van der Waals surface area contributed by atoms with Crippen LogP contribution in [0.4, 0.5) is 4.39 Å². The molecule has 0 fully saturated rings. The molecule has 0 bridgehead atoms. The number of ketones is 1. The van der Waals surface area contributed by atoms with Crippen LogP contribution in [0.5, 0.6) is 0 Å². The molecule has 3 rings (SSSR count). The van der Waals surface area contributed by atoms with E-state index in [1.165, 1.54) is 24.3 Å². The van der Waals surface area contributed by atoms with Crippen molar-refractivity contribution in [2.75, 3.05) is 0 Å². The number of halogens is 3. The summed E-state index contributed by atoms with van der Waals surface area (Å²) in [5.74, 6) is -0.821. The van der Waals surface area contributed by atoms with Crippen molar-refractivity contribution < 1.29 is 13.6 Å². The van der Waals surface area contributed by atoms with Gasteiger partial charge in [-0.25, -0.2) is 4.39 Å². The zero-order chi connectivity index (χ0) is 14.3. The third-order valence-corrected chi connectivity index (χ3v) is 3.64. The van der Waals surface area contributed by atoms with Crippen LogP contribution in [0.3, 0.4) is 0 Å². The summed E-state index contributed by atoms with van der Waals surface area (Å²) in [6.07, 6.45) is 0. The largest absolute Gasteiger partial charge is 0.449 e. The van der Waals surface area contributed by atoms with E-state index in [-0.39, 0.29) is 22.1 Å². The smallest absolute Gasteiger partial charge is 0.228 e. The average molecular weight is 309 g/mol. The molecular weight excluding hydrogens is 302 g/mol. The van der Waals surface area contributed by atoms with Crippen molar-refractivity contribution in [2.24, 2.45) is 0 Å². The first-order chi connectivity index (χ1) is 9.56. The van der Waals surface area contributed by atoms with Gasteiger partial charge < -0.3 is 4.42 Å². The fraction of sp³-hybridized carbons (Fsp3) is 0. The highest BCUT2D eigenvalue weighted by Gasteiger charge is 2.17. The standard InChI is InChI=1S/C15H7Cl2FO2/c16-10-5-4-8(6-11(10)17)14(19)13-7-9-2-1-3-12(18)15(9)20-13/h1-7H. The molecule has 0 amide bonds. The second-order valence-corrected chi connectivity index (χ2v) is 5.04. The first kappa shape index (κ1) is 13.2. The Morgan fingerprint density at radius 3 is 2.55 bits per heavy atom. The first-order valence-electron chi connectivity index (χ1n) is 5.74. The normalized spacial score (nSPS) is 10.9. The van der Waals surface area contributed by atoms with E-state index in [0.29, 0.717) is 16.0 Å². The van der Waals surface area contributed by atoms with Crippen LogP contribution in [0.2, 0.25) is 10.0 Å². The first-order valence-corrected chi connectivity index (χ1v) is 6.49. The number of fused-ring (bicyclic) bond motifs is 1. The predicted molar refractivity (Wildman–Crippen MR) is 76.1 cm³/mol. The summed E-state index contributed by atoms with van der Waals surface area (Å²) < 4.78 is 18.8. The van der Waals surface area contributed by atoms with Crippen molar-refractivity contribution in [1.82, 2.24) is 0 Å². The van der Waals surface area contributed by atoms with Gasteiger partial charge in [0.05, 0.1) is 10.0 Å². The molecule has 0 aliphatic rings. The molecule has 5 heteroatoms. The van der Waals surface area contributed by atoms with Gasteiger partial charge in [0.15, 0.2) is 17.2 Å². The van der Waals surface area contributed by atoms with Crippen molar-refractivity contribution >= 4 is 40.0 Å². The Labute approximate surface area is 123 Å². The maximum absolute atomic E-state index is 13.5. The van der Waals surface area contributed by atoms with Crippen LogP contribution in [-0.2, 0) is 0 Å². The molecule has 1 aromatic heterocycles. The third kappa shape index (κ3) is 2.19. The highest BCUT2D eigenvalue weighted by molar-refractivity contribution is 6.42. The molecule has 3 aromatic rings. The van der Waals surface area contributed by atoms with Crippen LogP contribution < -0.4 is 0 Å². The van der Waals surface area contributed by atoms with Gasteiger partial charge >= 0.3 is 0 Å². The summed E-state index contributed by atoms with van der Waals surface area (Å²) in [5.41, 5.74) is 0.398. The second-order valence-electron chi connectivity index (χ2n) is 4.23. The van der Waals surface area contributed by atoms with Crippen LogP contribution in [0.15, 0.2) is 46.9 Å². The minimum absolute atomic E-state index is 0.0588. The molecule has 100 valence electrons. The monoisotopic (exact) mass is 308 g/mol. The topological polar surface area (TPSA) is 30.2 Å². The van der Waals surface area contributed by atoms with Crippen molar-refractivity contribution in [3.05, 3.63) is 69.7 Å².